The Balaban J connectivity index is 0.000000194. The maximum atomic E-state index is 12.9. The fourth-order valence-electron chi connectivity index (χ4n) is 4.45. The van der Waals surface area contributed by atoms with Crippen molar-refractivity contribution in [1.29, 1.82) is 10.5 Å². The second-order valence-electron chi connectivity index (χ2n) is 11.4. The van der Waals surface area contributed by atoms with E-state index in [1.54, 1.807) is 60.7 Å². The van der Waals surface area contributed by atoms with Crippen LogP contribution in [0.25, 0.3) is 0 Å². The van der Waals surface area contributed by atoms with E-state index in [1.807, 2.05) is 24.3 Å². The molecule has 2 aliphatic rings. The number of hydrogen-bond donors (Lipinski definition) is 4. The molecule has 50 heavy (non-hydrogen) atoms. The van der Waals surface area contributed by atoms with Crippen LogP contribution in [0, 0.1) is 43.9 Å². The Morgan fingerprint density at radius 1 is 0.620 bits per heavy atom. The van der Waals surface area contributed by atoms with Gasteiger partial charge in [0.15, 0.2) is 11.1 Å². The van der Waals surface area contributed by atoms with Gasteiger partial charge in [0.25, 0.3) is 11.8 Å². The first kappa shape index (κ1) is 35.4. The van der Waals surface area contributed by atoms with Gasteiger partial charge >= 0.3 is 0 Å². The zero-order valence-electron chi connectivity index (χ0n) is 26.4. The minimum atomic E-state index is -0.640. The van der Waals surface area contributed by atoms with Gasteiger partial charge in [0.1, 0.15) is 52.5 Å². The molecule has 4 aromatic rings. The average molecular weight is 785 g/mol. The maximum Gasteiger partial charge on any atom is 0.269 e. The highest BCUT2D eigenvalue weighted by Crippen LogP contribution is 2.37. The molecule has 12 heteroatoms. The van der Waals surface area contributed by atoms with E-state index < -0.39 is 11.8 Å². The summed E-state index contributed by atoms with van der Waals surface area (Å²) in [6, 6.07) is 30.1. The fourth-order valence-corrected chi connectivity index (χ4v) is 4.81. The lowest BCUT2D eigenvalue weighted by atomic mass is 10.1. The van der Waals surface area contributed by atoms with Crippen LogP contribution in [0.2, 0.25) is 0 Å². The zero-order valence-corrected chi connectivity index (χ0v) is 28.6. The fraction of sp³-hybridized carbons (Fsp3) is 0.158. The highest BCUT2D eigenvalue weighted by Gasteiger charge is 2.31. The standard InChI is InChI=1S/C19H15FN2O3.C19H15IN2O3/c2*20-13-3-7-15(8-4-13)25-16-9-5-14(6-10-16)22-19(24)17(11-21)18(23)12-1-2-12/h2*3-10,12,23H,1-2H2,(H,22,24). The van der Waals surface area contributed by atoms with E-state index in [0.29, 0.717) is 28.6 Å². The number of benzene rings is 4. The molecule has 4 aromatic carbocycles. The van der Waals surface area contributed by atoms with Crippen LogP contribution >= 0.6 is 22.6 Å². The molecule has 6 rings (SSSR count). The van der Waals surface area contributed by atoms with Crippen LogP contribution in [0.1, 0.15) is 25.7 Å². The van der Waals surface area contributed by atoms with Crippen molar-refractivity contribution in [3.05, 3.63) is 129 Å². The Morgan fingerprint density at radius 2 is 0.940 bits per heavy atom. The molecule has 10 nitrogen and oxygen atoms in total. The molecule has 0 heterocycles. The Labute approximate surface area is 301 Å². The number of aliphatic hydroxyl groups is 2. The summed E-state index contributed by atoms with van der Waals surface area (Å²) in [4.78, 5) is 24.2. The van der Waals surface area contributed by atoms with Crippen molar-refractivity contribution >= 4 is 45.8 Å². The first-order valence-corrected chi connectivity index (χ1v) is 16.6. The Kier molecular flexibility index (Phi) is 11.7. The molecule has 0 aliphatic heterocycles. The predicted molar refractivity (Wildman–Crippen MR) is 192 cm³/mol. The number of allylic oxidation sites excluding steroid dienone is 2. The number of carbonyl (C=O) groups is 2. The minimum absolute atomic E-state index is 0.0508. The summed E-state index contributed by atoms with van der Waals surface area (Å²) < 4.78 is 25.3. The van der Waals surface area contributed by atoms with Crippen LogP contribution in [-0.4, -0.2) is 22.0 Å². The molecule has 0 aromatic heterocycles. The van der Waals surface area contributed by atoms with Crippen LogP contribution in [0.3, 0.4) is 0 Å². The summed E-state index contributed by atoms with van der Waals surface area (Å²) in [7, 11) is 0. The molecule has 0 atom stereocenters. The van der Waals surface area contributed by atoms with Crippen molar-refractivity contribution in [1.82, 2.24) is 0 Å². The largest absolute Gasteiger partial charge is 0.510 e. The molecule has 0 radical (unpaired) electrons. The van der Waals surface area contributed by atoms with Gasteiger partial charge in [-0.2, -0.15) is 10.5 Å². The van der Waals surface area contributed by atoms with E-state index in [2.05, 4.69) is 33.2 Å². The van der Waals surface area contributed by atoms with Crippen LogP contribution in [-0.2, 0) is 9.59 Å². The number of aliphatic hydroxyl groups excluding tert-OH is 2. The summed E-state index contributed by atoms with van der Waals surface area (Å²) in [5, 5.41) is 43.1. The number of nitrogens with zero attached hydrogens (tertiary/aromatic N) is 2. The summed E-state index contributed by atoms with van der Waals surface area (Å²) in [5.74, 6) is 0.395. The molecule has 2 aliphatic carbocycles. The van der Waals surface area contributed by atoms with Gasteiger partial charge in [0.2, 0.25) is 0 Å². The second-order valence-corrected chi connectivity index (χ2v) is 12.6. The lowest BCUT2D eigenvalue weighted by Crippen LogP contribution is -2.15. The first-order chi connectivity index (χ1) is 24.1. The number of nitrogens with one attached hydrogen (secondary N) is 2. The van der Waals surface area contributed by atoms with Gasteiger partial charge in [-0.1, -0.05) is 0 Å². The summed E-state index contributed by atoms with van der Waals surface area (Å²) in [6.45, 7) is 0. The number of nitriles is 2. The Bertz CT molecular complexity index is 1840. The van der Waals surface area contributed by atoms with E-state index in [4.69, 9.17) is 20.0 Å². The zero-order chi connectivity index (χ0) is 35.6. The highest BCUT2D eigenvalue weighted by molar-refractivity contribution is 14.1. The maximum absolute atomic E-state index is 12.9. The lowest BCUT2D eigenvalue weighted by Gasteiger charge is -2.08. The SMILES string of the molecule is N#CC(C(=O)Nc1ccc(Oc2ccc(F)cc2)cc1)=C(O)C1CC1.N#CC(C(=O)Nc1ccc(Oc2ccc(I)cc2)cc1)=C(O)C1CC1. The third-order valence-corrected chi connectivity index (χ3v) is 8.16. The van der Waals surface area contributed by atoms with E-state index in [0.717, 1.165) is 35.0 Å². The van der Waals surface area contributed by atoms with Crippen molar-refractivity contribution in [2.45, 2.75) is 25.7 Å². The number of carbonyl (C=O) groups excluding carboxylic acids is 2. The van der Waals surface area contributed by atoms with Crippen molar-refractivity contribution in [2.75, 3.05) is 10.6 Å². The summed E-state index contributed by atoms with van der Waals surface area (Å²) in [6.07, 6.45) is 3.21. The molecule has 0 saturated heterocycles. The summed E-state index contributed by atoms with van der Waals surface area (Å²) in [5.41, 5.74) is 0.514. The molecular weight excluding hydrogens is 754 g/mol. The molecule has 2 saturated carbocycles. The second kappa shape index (κ2) is 16.5. The number of rotatable bonds is 10. The Morgan fingerprint density at radius 3 is 1.26 bits per heavy atom. The van der Waals surface area contributed by atoms with Crippen molar-refractivity contribution in [3.8, 4) is 35.1 Å². The normalized spacial score (nSPS) is 14.2. The average Bonchev–Trinajstić information content (AvgIpc) is 4.03. The lowest BCUT2D eigenvalue weighted by molar-refractivity contribution is -0.113. The van der Waals surface area contributed by atoms with Crippen molar-refractivity contribution in [3.63, 3.8) is 0 Å². The quantitative estimate of drug-likeness (QED) is 0.0535. The number of anilines is 2. The molecule has 0 spiro atoms. The third-order valence-electron chi connectivity index (χ3n) is 7.44. The molecule has 0 unspecified atom stereocenters. The Hall–Kier alpha value is -5.86. The highest BCUT2D eigenvalue weighted by atomic mass is 127. The topological polar surface area (TPSA) is 165 Å². The molecule has 2 fully saturated rings. The number of halogens is 2. The van der Waals surface area contributed by atoms with Gasteiger partial charge in [-0.25, -0.2) is 4.39 Å². The van der Waals surface area contributed by atoms with E-state index in [1.165, 1.54) is 24.3 Å². The van der Waals surface area contributed by atoms with Crippen LogP contribution in [0.5, 0.6) is 23.0 Å². The minimum Gasteiger partial charge on any atom is -0.510 e. The van der Waals surface area contributed by atoms with Crippen LogP contribution < -0.4 is 20.1 Å². The number of ether oxygens (including phenoxy) is 2. The van der Waals surface area contributed by atoms with Gasteiger partial charge < -0.3 is 30.3 Å². The van der Waals surface area contributed by atoms with Gasteiger partial charge in [-0.15, -0.1) is 0 Å². The van der Waals surface area contributed by atoms with Crippen LogP contribution in [0.15, 0.2) is 120 Å². The molecule has 252 valence electrons. The first-order valence-electron chi connectivity index (χ1n) is 15.5. The smallest absolute Gasteiger partial charge is 0.269 e. The third kappa shape index (κ3) is 10.1. The molecular formula is C38H30FIN4O6. The summed E-state index contributed by atoms with van der Waals surface area (Å²) >= 11 is 2.22. The number of amides is 2. The van der Waals surface area contributed by atoms with Gasteiger partial charge in [0.05, 0.1) is 0 Å². The molecule has 4 N–H and O–H groups in total. The van der Waals surface area contributed by atoms with E-state index in [9.17, 15) is 24.2 Å². The van der Waals surface area contributed by atoms with Crippen molar-refractivity contribution < 1.29 is 33.7 Å². The molecule has 2 amide bonds. The van der Waals surface area contributed by atoms with Crippen molar-refractivity contribution in [2.24, 2.45) is 11.8 Å². The van der Waals surface area contributed by atoms with Gasteiger partial charge in [-0.3, -0.25) is 9.59 Å². The molecule has 0 bridgehead atoms. The van der Waals surface area contributed by atoms with Crippen LogP contribution in [0.4, 0.5) is 15.8 Å². The van der Waals surface area contributed by atoms with Gasteiger partial charge in [0, 0.05) is 26.8 Å². The predicted octanol–water partition coefficient (Wildman–Crippen LogP) is 9.07. The monoisotopic (exact) mass is 784 g/mol. The number of hydrogen-bond acceptors (Lipinski definition) is 8. The van der Waals surface area contributed by atoms with Gasteiger partial charge in [-0.05, 0) is 145 Å². The van der Waals surface area contributed by atoms with E-state index >= 15 is 0 Å². The van der Waals surface area contributed by atoms with E-state index in [-0.39, 0.29) is 40.3 Å².